The summed E-state index contributed by atoms with van der Waals surface area (Å²) >= 11 is 0. The first-order chi connectivity index (χ1) is 6.45. The quantitative estimate of drug-likeness (QED) is 0.641. The van der Waals surface area contributed by atoms with E-state index < -0.39 is 0 Å². The Morgan fingerprint density at radius 3 is 3.23 bits per heavy atom. The number of morpholine rings is 1. The van der Waals surface area contributed by atoms with Crippen molar-refractivity contribution in [1.82, 2.24) is 5.32 Å². The molecule has 0 amide bonds. The molecule has 2 heteroatoms. The molecule has 1 fully saturated rings. The van der Waals surface area contributed by atoms with Crippen LogP contribution < -0.4 is 5.32 Å². The van der Waals surface area contributed by atoms with Gasteiger partial charge in [-0.05, 0) is 17.5 Å². The largest absolute Gasteiger partial charge is 0.371 e. The summed E-state index contributed by atoms with van der Waals surface area (Å²) in [7, 11) is 0. The Balaban J connectivity index is 2.01. The average molecular weight is 175 g/mol. The molecule has 13 heavy (non-hydrogen) atoms. The molecule has 0 radical (unpaired) electrons. The topological polar surface area (TPSA) is 21.3 Å². The van der Waals surface area contributed by atoms with Crippen LogP contribution in [0.5, 0.6) is 0 Å². The van der Waals surface area contributed by atoms with Crippen LogP contribution in [0.1, 0.15) is 17.2 Å². The van der Waals surface area contributed by atoms with Crippen LogP contribution in [0.4, 0.5) is 0 Å². The number of ether oxygens (including phenoxy) is 1. The van der Waals surface area contributed by atoms with Crippen molar-refractivity contribution in [3.05, 3.63) is 35.4 Å². The molecular weight excluding hydrogens is 162 g/mol. The Hall–Kier alpha value is -0.860. The normalized spacial score (nSPS) is 31.1. The van der Waals surface area contributed by atoms with Crippen LogP contribution >= 0.6 is 0 Å². The molecule has 0 bridgehead atoms. The summed E-state index contributed by atoms with van der Waals surface area (Å²) in [5, 5.41) is 3.50. The van der Waals surface area contributed by atoms with Crippen LogP contribution in [-0.2, 0) is 11.2 Å². The zero-order valence-electron chi connectivity index (χ0n) is 7.49. The first-order valence-corrected chi connectivity index (χ1v) is 4.88. The Bertz CT molecular complexity index is 324. The SMILES string of the molecule is c1ccc2c(c1)C[C@@H]1NCCO[C@@H]21. The Morgan fingerprint density at radius 2 is 2.23 bits per heavy atom. The Kier molecular flexibility index (Phi) is 1.64. The second kappa shape index (κ2) is 2.82. The summed E-state index contributed by atoms with van der Waals surface area (Å²) in [5.74, 6) is 0. The Morgan fingerprint density at radius 1 is 1.31 bits per heavy atom. The lowest BCUT2D eigenvalue weighted by molar-refractivity contribution is 0.00358. The minimum atomic E-state index is 0.310. The fraction of sp³-hybridized carbons (Fsp3) is 0.455. The van der Waals surface area contributed by atoms with E-state index in [1.54, 1.807) is 0 Å². The van der Waals surface area contributed by atoms with Crippen molar-refractivity contribution >= 4 is 0 Å². The van der Waals surface area contributed by atoms with Crippen LogP contribution in [0.25, 0.3) is 0 Å². The van der Waals surface area contributed by atoms with Gasteiger partial charge in [0.1, 0.15) is 0 Å². The second-order valence-corrected chi connectivity index (χ2v) is 3.75. The van der Waals surface area contributed by atoms with E-state index in [1.165, 1.54) is 11.1 Å². The number of hydrogen-bond acceptors (Lipinski definition) is 2. The van der Waals surface area contributed by atoms with E-state index >= 15 is 0 Å². The third kappa shape index (κ3) is 1.10. The van der Waals surface area contributed by atoms with Gasteiger partial charge in [-0.25, -0.2) is 0 Å². The van der Waals surface area contributed by atoms with Gasteiger partial charge in [0.15, 0.2) is 0 Å². The number of nitrogens with one attached hydrogen (secondary N) is 1. The maximum atomic E-state index is 5.77. The molecule has 0 aromatic heterocycles. The summed E-state index contributed by atoms with van der Waals surface area (Å²) in [6.45, 7) is 1.84. The molecule has 0 saturated carbocycles. The lowest BCUT2D eigenvalue weighted by Crippen LogP contribution is -2.41. The van der Waals surface area contributed by atoms with Crippen molar-refractivity contribution in [3.8, 4) is 0 Å². The van der Waals surface area contributed by atoms with Crippen LogP contribution in [0, 0.1) is 0 Å². The van der Waals surface area contributed by atoms with E-state index in [1.807, 2.05) is 0 Å². The standard InChI is InChI=1S/C11H13NO/c1-2-4-9-8(3-1)7-10-11(9)13-6-5-12-10/h1-4,10-12H,5-7H2/t10-,11-/m0/s1. The van der Waals surface area contributed by atoms with E-state index in [0.717, 1.165) is 19.6 Å². The van der Waals surface area contributed by atoms with E-state index in [-0.39, 0.29) is 0 Å². The van der Waals surface area contributed by atoms with Gasteiger partial charge < -0.3 is 10.1 Å². The van der Waals surface area contributed by atoms with Gasteiger partial charge in [-0.1, -0.05) is 24.3 Å². The van der Waals surface area contributed by atoms with Crippen molar-refractivity contribution in [2.24, 2.45) is 0 Å². The zero-order chi connectivity index (χ0) is 8.67. The molecule has 1 N–H and O–H groups in total. The first kappa shape index (κ1) is 7.54. The molecule has 2 nitrogen and oxygen atoms in total. The monoisotopic (exact) mass is 175 g/mol. The van der Waals surface area contributed by atoms with Gasteiger partial charge in [0, 0.05) is 12.6 Å². The van der Waals surface area contributed by atoms with E-state index in [2.05, 4.69) is 29.6 Å². The molecule has 1 aliphatic heterocycles. The Labute approximate surface area is 77.9 Å². The van der Waals surface area contributed by atoms with Gasteiger partial charge >= 0.3 is 0 Å². The molecule has 1 saturated heterocycles. The third-order valence-electron chi connectivity index (χ3n) is 2.97. The predicted molar refractivity (Wildman–Crippen MR) is 50.6 cm³/mol. The van der Waals surface area contributed by atoms with Crippen LogP contribution in [0.2, 0.25) is 0 Å². The summed E-state index contributed by atoms with van der Waals surface area (Å²) in [6, 6.07) is 9.12. The summed E-state index contributed by atoms with van der Waals surface area (Å²) in [5.41, 5.74) is 2.84. The van der Waals surface area contributed by atoms with Gasteiger partial charge in [0.05, 0.1) is 12.7 Å². The van der Waals surface area contributed by atoms with Crippen molar-refractivity contribution in [3.63, 3.8) is 0 Å². The highest BCUT2D eigenvalue weighted by Gasteiger charge is 2.34. The first-order valence-electron chi connectivity index (χ1n) is 4.88. The van der Waals surface area contributed by atoms with E-state index in [4.69, 9.17) is 4.74 Å². The number of rotatable bonds is 0. The molecule has 2 aliphatic rings. The molecular formula is C11H13NO. The van der Waals surface area contributed by atoms with Crippen LogP contribution in [0.3, 0.4) is 0 Å². The molecule has 1 aromatic rings. The smallest absolute Gasteiger partial charge is 0.0984 e. The van der Waals surface area contributed by atoms with Gasteiger partial charge in [0.2, 0.25) is 0 Å². The number of benzene rings is 1. The van der Waals surface area contributed by atoms with Crippen molar-refractivity contribution in [2.75, 3.05) is 13.2 Å². The fourth-order valence-corrected chi connectivity index (χ4v) is 2.37. The lowest BCUT2D eigenvalue weighted by atomic mass is 10.1. The molecule has 2 atom stereocenters. The lowest BCUT2D eigenvalue weighted by Gasteiger charge is -2.27. The van der Waals surface area contributed by atoms with Gasteiger partial charge in [-0.15, -0.1) is 0 Å². The number of hydrogen-bond donors (Lipinski definition) is 1. The van der Waals surface area contributed by atoms with Crippen LogP contribution in [0.15, 0.2) is 24.3 Å². The van der Waals surface area contributed by atoms with Crippen LogP contribution in [-0.4, -0.2) is 19.2 Å². The molecule has 3 rings (SSSR count). The zero-order valence-corrected chi connectivity index (χ0v) is 7.49. The summed E-state index contributed by atoms with van der Waals surface area (Å²) < 4.78 is 5.77. The van der Waals surface area contributed by atoms with Crippen molar-refractivity contribution in [1.29, 1.82) is 0 Å². The second-order valence-electron chi connectivity index (χ2n) is 3.75. The molecule has 68 valence electrons. The average Bonchev–Trinajstić information content (AvgIpc) is 2.56. The maximum absolute atomic E-state index is 5.77. The fourth-order valence-electron chi connectivity index (χ4n) is 2.37. The minimum Gasteiger partial charge on any atom is -0.371 e. The highest BCUT2D eigenvalue weighted by molar-refractivity contribution is 5.36. The molecule has 0 spiro atoms. The van der Waals surface area contributed by atoms with Gasteiger partial charge in [-0.3, -0.25) is 0 Å². The van der Waals surface area contributed by atoms with Crippen molar-refractivity contribution in [2.45, 2.75) is 18.6 Å². The maximum Gasteiger partial charge on any atom is 0.0984 e. The summed E-state index contributed by atoms with van der Waals surface area (Å²) in [4.78, 5) is 0. The van der Waals surface area contributed by atoms with Gasteiger partial charge in [0.25, 0.3) is 0 Å². The number of fused-ring (bicyclic) bond motifs is 3. The summed E-state index contributed by atoms with van der Waals surface area (Å²) in [6.07, 6.45) is 1.44. The minimum absolute atomic E-state index is 0.310. The van der Waals surface area contributed by atoms with E-state index in [9.17, 15) is 0 Å². The molecule has 1 heterocycles. The van der Waals surface area contributed by atoms with E-state index in [0.29, 0.717) is 12.1 Å². The molecule has 0 unspecified atom stereocenters. The predicted octanol–water partition coefficient (Wildman–Crippen LogP) is 1.27. The van der Waals surface area contributed by atoms with Crippen molar-refractivity contribution < 1.29 is 4.74 Å². The highest BCUT2D eigenvalue weighted by Crippen LogP contribution is 2.35. The molecule has 1 aromatic carbocycles. The van der Waals surface area contributed by atoms with Gasteiger partial charge in [-0.2, -0.15) is 0 Å². The molecule has 1 aliphatic carbocycles. The third-order valence-corrected chi connectivity index (χ3v) is 2.97. The highest BCUT2D eigenvalue weighted by atomic mass is 16.5.